The molecule has 2 aromatic carbocycles. The molecule has 0 spiro atoms. The largest absolute Gasteiger partial charge is 0.381 e. The molecule has 25 heavy (non-hydrogen) atoms. The third-order valence-corrected chi connectivity index (χ3v) is 5.25. The summed E-state index contributed by atoms with van der Waals surface area (Å²) in [7, 11) is 1.79. The molecule has 0 aliphatic carbocycles. The Bertz CT molecular complexity index is 894. The van der Waals surface area contributed by atoms with Gasteiger partial charge in [-0.3, -0.25) is 0 Å². The summed E-state index contributed by atoms with van der Waals surface area (Å²) < 4.78 is 21.6. The van der Waals surface area contributed by atoms with Gasteiger partial charge in [0.25, 0.3) is 0 Å². The van der Waals surface area contributed by atoms with E-state index in [9.17, 15) is 4.39 Å². The Morgan fingerprint density at radius 3 is 2.56 bits per heavy atom. The number of fused-ring (bicyclic) bond motifs is 1. The third-order valence-electron chi connectivity index (χ3n) is 5.25. The van der Waals surface area contributed by atoms with Gasteiger partial charge in [0.05, 0.1) is 11.6 Å². The first kappa shape index (κ1) is 16.2. The van der Waals surface area contributed by atoms with Gasteiger partial charge in [0.1, 0.15) is 5.82 Å². The number of piperidine rings is 1. The Hall–Kier alpha value is -2.33. The molecule has 0 N–H and O–H groups in total. The van der Waals surface area contributed by atoms with E-state index in [0.717, 1.165) is 42.7 Å². The number of aryl methyl sites for hydroxylation is 1. The molecule has 1 aliphatic rings. The van der Waals surface area contributed by atoms with Crippen molar-refractivity contribution in [2.75, 3.05) is 25.1 Å². The lowest BCUT2D eigenvalue weighted by molar-refractivity contribution is 0.0819. The molecule has 0 bridgehead atoms. The maximum atomic E-state index is 14.1. The SMILES string of the molecule is COC1CCN(c2cccc(-n3ccc4c(F)ccc(C)c43)c2)CC1. The molecule has 3 nitrogen and oxygen atoms in total. The molecular formula is C21H23FN2O. The Kier molecular flexibility index (Phi) is 4.22. The summed E-state index contributed by atoms with van der Waals surface area (Å²) in [5.74, 6) is -0.169. The summed E-state index contributed by atoms with van der Waals surface area (Å²) in [6, 6.07) is 13.7. The van der Waals surface area contributed by atoms with Gasteiger partial charge in [-0.25, -0.2) is 4.39 Å². The summed E-state index contributed by atoms with van der Waals surface area (Å²) >= 11 is 0. The minimum Gasteiger partial charge on any atom is -0.381 e. The van der Waals surface area contributed by atoms with E-state index in [-0.39, 0.29) is 5.82 Å². The van der Waals surface area contributed by atoms with Crippen LogP contribution in [0.4, 0.5) is 10.1 Å². The van der Waals surface area contributed by atoms with Crippen LogP contribution in [0.2, 0.25) is 0 Å². The minimum atomic E-state index is -0.169. The zero-order valence-electron chi connectivity index (χ0n) is 14.7. The molecule has 0 saturated carbocycles. The predicted octanol–water partition coefficient (Wildman–Crippen LogP) is 4.69. The summed E-state index contributed by atoms with van der Waals surface area (Å²) in [5.41, 5.74) is 4.29. The first-order valence-electron chi connectivity index (χ1n) is 8.81. The first-order valence-corrected chi connectivity index (χ1v) is 8.81. The zero-order valence-corrected chi connectivity index (χ0v) is 14.7. The number of hydrogen-bond acceptors (Lipinski definition) is 2. The van der Waals surface area contributed by atoms with E-state index < -0.39 is 0 Å². The van der Waals surface area contributed by atoms with Crippen molar-refractivity contribution >= 4 is 16.6 Å². The van der Waals surface area contributed by atoms with Crippen LogP contribution < -0.4 is 4.90 Å². The summed E-state index contributed by atoms with van der Waals surface area (Å²) in [6.07, 6.45) is 4.44. The maximum Gasteiger partial charge on any atom is 0.132 e. The molecule has 1 aromatic heterocycles. The number of anilines is 1. The Labute approximate surface area is 147 Å². The molecule has 4 heteroatoms. The fourth-order valence-electron chi connectivity index (χ4n) is 3.80. The highest BCUT2D eigenvalue weighted by Crippen LogP contribution is 2.29. The van der Waals surface area contributed by atoms with E-state index in [4.69, 9.17) is 4.74 Å². The van der Waals surface area contributed by atoms with Gasteiger partial charge < -0.3 is 14.2 Å². The standard InChI is InChI=1S/C21H23FN2O/c1-15-6-7-20(22)19-10-13-24(21(15)19)17-5-3-4-16(14-17)23-11-8-18(25-2)9-12-23/h3-7,10,13-14,18H,8-9,11-12H2,1-2H3. The number of hydrogen-bond donors (Lipinski definition) is 0. The Balaban J connectivity index is 1.70. The van der Waals surface area contributed by atoms with E-state index in [2.05, 4.69) is 33.7 Å². The van der Waals surface area contributed by atoms with Crippen molar-refractivity contribution in [1.29, 1.82) is 0 Å². The normalized spacial score (nSPS) is 15.9. The lowest BCUT2D eigenvalue weighted by Gasteiger charge is -2.33. The van der Waals surface area contributed by atoms with Crippen LogP contribution in [0.25, 0.3) is 16.6 Å². The molecule has 130 valence electrons. The van der Waals surface area contributed by atoms with E-state index in [1.807, 2.05) is 25.3 Å². The zero-order chi connectivity index (χ0) is 17.4. The number of halogens is 1. The highest BCUT2D eigenvalue weighted by molar-refractivity contribution is 5.85. The van der Waals surface area contributed by atoms with Crippen molar-refractivity contribution in [1.82, 2.24) is 4.57 Å². The molecule has 2 heterocycles. The topological polar surface area (TPSA) is 17.4 Å². The average Bonchev–Trinajstić information content (AvgIpc) is 3.11. The first-order chi connectivity index (χ1) is 12.2. The highest BCUT2D eigenvalue weighted by atomic mass is 19.1. The number of nitrogens with zero attached hydrogens (tertiary/aromatic N) is 2. The molecule has 1 fully saturated rings. The van der Waals surface area contributed by atoms with Gasteiger partial charge in [-0.1, -0.05) is 12.1 Å². The summed E-state index contributed by atoms with van der Waals surface area (Å²) in [4.78, 5) is 2.40. The number of methoxy groups -OCH3 is 1. The van der Waals surface area contributed by atoms with E-state index in [1.54, 1.807) is 13.2 Å². The minimum absolute atomic E-state index is 0.169. The van der Waals surface area contributed by atoms with E-state index >= 15 is 0 Å². The predicted molar refractivity (Wildman–Crippen MR) is 100 cm³/mol. The fourth-order valence-corrected chi connectivity index (χ4v) is 3.80. The Morgan fingerprint density at radius 1 is 1.04 bits per heavy atom. The fraction of sp³-hybridized carbons (Fsp3) is 0.333. The molecule has 1 aliphatic heterocycles. The monoisotopic (exact) mass is 338 g/mol. The van der Waals surface area contributed by atoms with Crippen molar-refractivity contribution in [3.05, 3.63) is 60.0 Å². The van der Waals surface area contributed by atoms with Gasteiger partial charge in [-0.15, -0.1) is 0 Å². The summed E-state index contributed by atoms with van der Waals surface area (Å²) in [5, 5.41) is 0.673. The van der Waals surface area contributed by atoms with Crippen LogP contribution >= 0.6 is 0 Å². The second-order valence-corrected chi connectivity index (χ2v) is 6.75. The number of aromatic nitrogens is 1. The average molecular weight is 338 g/mol. The van der Waals surface area contributed by atoms with Crippen LogP contribution in [0, 0.1) is 12.7 Å². The van der Waals surface area contributed by atoms with Gasteiger partial charge in [-0.2, -0.15) is 0 Å². The van der Waals surface area contributed by atoms with Gasteiger partial charge in [0.2, 0.25) is 0 Å². The highest BCUT2D eigenvalue weighted by Gasteiger charge is 2.19. The van der Waals surface area contributed by atoms with Gasteiger partial charge in [0.15, 0.2) is 0 Å². The van der Waals surface area contributed by atoms with Gasteiger partial charge in [-0.05, 0) is 55.7 Å². The third kappa shape index (κ3) is 2.91. The second kappa shape index (κ2) is 6.52. The number of rotatable bonds is 3. The van der Waals surface area contributed by atoms with Crippen molar-refractivity contribution in [2.24, 2.45) is 0 Å². The smallest absolute Gasteiger partial charge is 0.132 e. The molecular weight excluding hydrogens is 315 g/mol. The lowest BCUT2D eigenvalue weighted by Crippen LogP contribution is -2.36. The molecule has 1 saturated heterocycles. The molecule has 4 rings (SSSR count). The van der Waals surface area contributed by atoms with Gasteiger partial charge in [0, 0.05) is 43.2 Å². The van der Waals surface area contributed by atoms with Crippen molar-refractivity contribution in [2.45, 2.75) is 25.9 Å². The van der Waals surface area contributed by atoms with E-state index in [1.165, 1.54) is 5.69 Å². The van der Waals surface area contributed by atoms with Crippen molar-refractivity contribution in [3.8, 4) is 5.69 Å². The van der Waals surface area contributed by atoms with E-state index in [0.29, 0.717) is 11.5 Å². The van der Waals surface area contributed by atoms with Crippen LogP contribution in [0.15, 0.2) is 48.7 Å². The molecule has 3 aromatic rings. The van der Waals surface area contributed by atoms with Crippen molar-refractivity contribution < 1.29 is 9.13 Å². The van der Waals surface area contributed by atoms with Gasteiger partial charge >= 0.3 is 0 Å². The van der Waals surface area contributed by atoms with Crippen LogP contribution in [0.3, 0.4) is 0 Å². The maximum absolute atomic E-state index is 14.1. The Morgan fingerprint density at radius 2 is 1.80 bits per heavy atom. The molecule has 0 amide bonds. The van der Waals surface area contributed by atoms with Crippen LogP contribution in [0.5, 0.6) is 0 Å². The van der Waals surface area contributed by atoms with Crippen molar-refractivity contribution in [3.63, 3.8) is 0 Å². The second-order valence-electron chi connectivity index (χ2n) is 6.75. The quantitative estimate of drug-likeness (QED) is 0.689. The molecule has 0 atom stereocenters. The van der Waals surface area contributed by atoms with Crippen LogP contribution in [0.1, 0.15) is 18.4 Å². The van der Waals surface area contributed by atoms with Crippen LogP contribution in [-0.4, -0.2) is 30.9 Å². The lowest BCUT2D eigenvalue weighted by atomic mass is 10.1. The molecule has 0 unspecified atom stereocenters. The summed E-state index contributed by atoms with van der Waals surface area (Å²) in [6.45, 7) is 4.03. The number of ether oxygens (including phenoxy) is 1. The molecule has 0 radical (unpaired) electrons. The number of benzene rings is 2. The van der Waals surface area contributed by atoms with Crippen LogP contribution in [-0.2, 0) is 4.74 Å².